The van der Waals surface area contributed by atoms with Gasteiger partial charge in [-0.15, -0.1) is 20.2 Å². The smallest absolute Gasteiger partial charge is 0.347 e. The monoisotopic (exact) mass is 756 g/mol. The Morgan fingerprint density at radius 3 is 1.80 bits per heavy atom. The Labute approximate surface area is 301 Å². The molecule has 2 atom stereocenters. The van der Waals surface area contributed by atoms with Gasteiger partial charge in [-0.3, -0.25) is 9.59 Å². The Kier molecular flexibility index (Phi) is 13.7. The molecule has 0 bridgehead atoms. The summed E-state index contributed by atoms with van der Waals surface area (Å²) in [6.45, 7) is 3.24. The second-order valence-electron chi connectivity index (χ2n) is 10.4. The van der Waals surface area contributed by atoms with Crippen LogP contribution in [0.1, 0.15) is 49.9 Å². The van der Waals surface area contributed by atoms with Crippen LogP contribution < -0.4 is 14.2 Å². The van der Waals surface area contributed by atoms with E-state index in [2.05, 4.69) is 19.9 Å². The molecule has 0 amide bonds. The number of carbonyl (C=O) groups excluding carboxylic acids is 3. The van der Waals surface area contributed by atoms with Gasteiger partial charge in [0.05, 0.1) is 24.2 Å². The minimum atomic E-state index is -1.05. The predicted molar refractivity (Wildman–Crippen MR) is 185 cm³/mol. The van der Waals surface area contributed by atoms with E-state index in [-0.39, 0.29) is 47.8 Å². The lowest BCUT2D eigenvalue weighted by molar-refractivity contribution is -0.768. The topological polar surface area (TPSA) is 208 Å². The molecule has 51 heavy (non-hydrogen) atoms. The first-order valence-corrected chi connectivity index (χ1v) is 17.6. The fourth-order valence-electron chi connectivity index (χ4n) is 4.21. The highest BCUT2D eigenvalue weighted by Gasteiger charge is 2.22. The van der Waals surface area contributed by atoms with Crippen LogP contribution in [-0.4, -0.2) is 40.3 Å². The Balaban J connectivity index is 1.50. The van der Waals surface area contributed by atoms with Gasteiger partial charge in [0, 0.05) is 4.88 Å². The minimum Gasteiger partial charge on any atom is -0.426 e. The largest absolute Gasteiger partial charge is 0.426 e. The van der Waals surface area contributed by atoms with E-state index >= 15 is 0 Å². The number of nitrogens with zero attached hydrogens (tertiary/aromatic N) is 4. The standard InChI is InChI=1S/C32H28N4O12S3/c1-3-22(47-35(40)41)16-29(37)44-24-12-7-20(8-13-24)33-34-21-9-14-27(46-30(38)17-23(4-2)48-36(42)43)26(15-21)32(39)45-25-10-5-19(6-11-25)28-18-31(49)51-50-28/h5-15,18,22-23H,3-4,16-17H2,1-2H3/b34-33+. The van der Waals surface area contributed by atoms with E-state index < -0.39 is 46.7 Å². The average molecular weight is 757 g/mol. The molecular formula is C32H28N4O12S3. The van der Waals surface area contributed by atoms with Crippen LogP contribution >= 0.6 is 32.9 Å². The van der Waals surface area contributed by atoms with Crippen LogP contribution in [0.3, 0.4) is 0 Å². The molecule has 0 saturated carbocycles. The van der Waals surface area contributed by atoms with Crippen LogP contribution in [-0.2, 0) is 19.3 Å². The normalized spacial score (nSPS) is 12.0. The lowest BCUT2D eigenvalue weighted by Crippen LogP contribution is -2.23. The summed E-state index contributed by atoms with van der Waals surface area (Å²) in [5, 5.41) is 27.6. The number of hydrogen-bond acceptors (Lipinski definition) is 17. The van der Waals surface area contributed by atoms with E-state index in [0.29, 0.717) is 5.69 Å². The second kappa shape index (κ2) is 18.4. The van der Waals surface area contributed by atoms with Gasteiger partial charge in [0.15, 0.2) is 0 Å². The molecule has 0 fully saturated rings. The predicted octanol–water partition coefficient (Wildman–Crippen LogP) is 8.41. The Bertz CT molecular complexity index is 1960. The van der Waals surface area contributed by atoms with Crippen molar-refractivity contribution in [2.45, 2.75) is 51.7 Å². The molecule has 0 aliphatic rings. The van der Waals surface area contributed by atoms with Gasteiger partial charge in [0.2, 0.25) is 0 Å². The minimum absolute atomic E-state index is 0.155. The molecule has 0 N–H and O–H groups in total. The maximum atomic E-state index is 13.4. The van der Waals surface area contributed by atoms with Gasteiger partial charge >= 0.3 is 17.9 Å². The zero-order valence-corrected chi connectivity index (χ0v) is 29.3. The number of rotatable bonds is 17. The maximum absolute atomic E-state index is 13.4. The van der Waals surface area contributed by atoms with Gasteiger partial charge in [-0.25, -0.2) is 4.79 Å². The van der Waals surface area contributed by atoms with Gasteiger partial charge in [-0.2, -0.15) is 10.2 Å². The van der Waals surface area contributed by atoms with Crippen molar-refractivity contribution in [3.8, 4) is 27.7 Å². The van der Waals surface area contributed by atoms with Crippen molar-refractivity contribution in [3.63, 3.8) is 0 Å². The second-order valence-corrected chi connectivity index (χ2v) is 13.3. The fourth-order valence-corrected chi connectivity index (χ4v) is 6.61. The van der Waals surface area contributed by atoms with Crippen molar-refractivity contribution >= 4 is 62.2 Å². The van der Waals surface area contributed by atoms with Crippen LogP contribution in [0.2, 0.25) is 0 Å². The third-order valence-corrected chi connectivity index (χ3v) is 9.65. The molecule has 1 heterocycles. The summed E-state index contributed by atoms with van der Waals surface area (Å²) >= 11 is 5.20. The number of azo groups is 1. The van der Waals surface area contributed by atoms with Crippen molar-refractivity contribution in [2.75, 3.05) is 0 Å². The molecule has 0 aliphatic heterocycles. The number of ether oxygens (including phenoxy) is 3. The summed E-state index contributed by atoms with van der Waals surface area (Å²) in [4.78, 5) is 69.5. The summed E-state index contributed by atoms with van der Waals surface area (Å²) in [5.74, 6) is -2.32. The summed E-state index contributed by atoms with van der Waals surface area (Å²) in [6, 6.07) is 18.5. The van der Waals surface area contributed by atoms with E-state index in [1.807, 2.05) is 6.07 Å². The first-order valence-electron chi connectivity index (χ1n) is 15.0. The van der Waals surface area contributed by atoms with Crippen LogP contribution in [0.5, 0.6) is 17.2 Å². The third kappa shape index (κ3) is 12.0. The quantitative estimate of drug-likeness (QED) is 0.0189. The van der Waals surface area contributed by atoms with Crippen LogP contribution in [0.4, 0.5) is 11.4 Å². The van der Waals surface area contributed by atoms with Crippen molar-refractivity contribution in [1.82, 2.24) is 0 Å². The Morgan fingerprint density at radius 1 is 0.725 bits per heavy atom. The van der Waals surface area contributed by atoms with Gasteiger partial charge in [0.1, 0.15) is 38.8 Å². The third-order valence-electron chi connectivity index (χ3n) is 6.74. The number of hydrogen-bond donors (Lipinski definition) is 0. The molecule has 1 aromatic heterocycles. The van der Waals surface area contributed by atoms with E-state index in [0.717, 1.165) is 14.3 Å². The number of esters is 3. The molecule has 0 spiro atoms. The lowest BCUT2D eigenvalue weighted by atomic mass is 10.1. The average Bonchev–Trinajstić information content (AvgIpc) is 3.53. The molecule has 16 nitrogen and oxygen atoms in total. The summed E-state index contributed by atoms with van der Waals surface area (Å²) in [5.41, 5.74) is 1.20. The molecular weight excluding hydrogens is 729 g/mol. The highest BCUT2D eigenvalue weighted by Crippen LogP contribution is 2.32. The van der Waals surface area contributed by atoms with Crippen LogP contribution in [0.25, 0.3) is 10.4 Å². The first-order chi connectivity index (χ1) is 24.4. The summed E-state index contributed by atoms with van der Waals surface area (Å²) < 4.78 is 16.9. The molecule has 19 heteroatoms. The van der Waals surface area contributed by atoms with Gasteiger partial charge < -0.3 is 23.9 Å². The highest BCUT2D eigenvalue weighted by molar-refractivity contribution is 7.80. The van der Waals surface area contributed by atoms with Crippen molar-refractivity contribution in [3.05, 3.63) is 102 Å². The van der Waals surface area contributed by atoms with E-state index in [1.54, 1.807) is 38.1 Å². The molecule has 4 aromatic rings. The zero-order chi connectivity index (χ0) is 36.9. The first kappa shape index (κ1) is 38.1. The zero-order valence-electron chi connectivity index (χ0n) is 26.8. The van der Waals surface area contributed by atoms with Gasteiger partial charge in [-0.05, 0) is 91.2 Å². The highest BCUT2D eigenvalue weighted by atomic mass is 32.9. The van der Waals surface area contributed by atoms with Crippen LogP contribution in [0, 0.1) is 24.1 Å². The molecule has 266 valence electrons. The fraction of sp³-hybridized carbons (Fsp3) is 0.250. The molecule has 4 rings (SSSR count). The van der Waals surface area contributed by atoms with E-state index in [4.69, 9.17) is 26.4 Å². The summed E-state index contributed by atoms with van der Waals surface area (Å²) in [6.07, 6.45) is -2.38. The molecule has 3 aromatic carbocycles. The molecule has 0 aliphatic carbocycles. The van der Waals surface area contributed by atoms with Crippen molar-refractivity contribution in [1.29, 1.82) is 0 Å². The van der Waals surface area contributed by atoms with Crippen LogP contribution in [0.15, 0.2) is 83.0 Å². The van der Waals surface area contributed by atoms with E-state index in [9.17, 15) is 34.6 Å². The molecule has 2 unspecified atom stereocenters. The van der Waals surface area contributed by atoms with Gasteiger partial charge in [-0.1, -0.05) is 46.7 Å². The maximum Gasteiger partial charge on any atom is 0.347 e. The lowest BCUT2D eigenvalue weighted by Gasteiger charge is -2.14. The van der Waals surface area contributed by atoms with E-state index in [1.165, 1.54) is 63.1 Å². The Hall–Kier alpha value is -5.66. The molecule has 0 radical (unpaired) electrons. The number of benzene rings is 3. The Morgan fingerprint density at radius 2 is 1.25 bits per heavy atom. The van der Waals surface area contributed by atoms with Crippen molar-refractivity contribution in [2.24, 2.45) is 10.2 Å². The van der Waals surface area contributed by atoms with Gasteiger partial charge in [0.25, 0.3) is 10.2 Å². The molecule has 0 saturated heterocycles. The number of carbonyl (C=O) groups is 3. The SMILES string of the molecule is CCC(CC(=O)Oc1ccc(/N=N/c2ccc(OC(=O)CC(CC)O[N+](=O)[O-])c(C(=O)Oc3ccc(-c4cc(=S)ss4)cc3)c2)cc1)O[N+](=O)[O-]. The van der Waals surface area contributed by atoms with Crippen molar-refractivity contribution < 1.29 is 48.4 Å². The summed E-state index contributed by atoms with van der Waals surface area (Å²) in [7, 11) is 2.99.